The standard InChI is InChI=1S/C25H26N4O/c26-17-20-5-3-7-22(15-20)19-30-24-8-4-6-21(16-24)18-28-23-10-13-29(14-11-23)25-9-1-2-12-27-25/h1-9,12,15-16,23,28H,10-11,13-14,18-19H2. The number of anilines is 1. The molecular weight excluding hydrogens is 372 g/mol. The van der Waals surface area contributed by atoms with Crippen LogP contribution in [0.25, 0.3) is 0 Å². The van der Waals surface area contributed by atoms with Crippen molar-refractivity contribution in [3.63, 3.8) is 0 Å². The Kier molecular flexibility index (Phi) is 6.58. The van der Waals surface area contributed by atoms with Crippen molar-refractivity contribution in [3.05, 3.63) is 89.6 Å². The van der Waals surface area contributed by atoms with Crippen LogP contribution in [0.4, 0.5) is 5.82 Å². The Morgan fingerprint density at radius 3 is 2.63 bits per heavy atom. The lowest BCUT2D eigenvalue weighted by Gasteiger charge is -2.33. The van der Waals surface area contributed by atoms with Crippen LogP contribution >= 0.6 is 0 Å². The van der Waals surface area contributed by atoms with E-state index in [0.717, 1.165) is 49.6 Å². The minimum absolute atomic E-state index is 0.457. The number of ether oxygens (including phenoxy) is 1. The van der Waals surface area contributed by atoms with Gasteiger partial charge in [0.1, 0.15) is 18.2 Å². The molecule has 5 heteroatoms. The zero-order valence-corrected chi connectivity index (χ0v) is 17.0. The average Bonchev–Trinajstić information content (AvgIpc) is 2.83. The Labute approximate surface area is 177 Å². The lowest BCUT2D eigenvalue weighted by molar-refractivity contribution is 0.305. The van der Waals surface area contributed by atoms with E-state index in [-0.39, 0.29) is 0 Å². The molecule has 0 bridgehead atoms. The maximum Gasteiger partial charge on any atom is 0.128 e. The predicted molar refractivity (Wildman–Crippen MR) is 118 cm³/mol. The summed E-state index contributed by atoms with van der Waals surface area (Å²) < 4.78 is 5.94. The molecule has 0 aliphatic carbocycles. The van der Waals surface area contributed by atoms with Crippen LogP contribution in [0.15, 0.2) is 72.9 Å². The summed E-state index contributed by atoms with van der Waals surface area (Å²) in [7, 11) is 0. The van der Waals surface area contributed by atoms with E-state index >= 15 is 0 Å². The van der Waals surface area contributed by atoms with Gasteiger partial charge in [0, 0.05) is 31.9 Å². The van der Waals surface area contributed by atoms with E-state index in [1.807, 2.05) is 48.7 Å². The minimum Gasteiger partial charge on any atom is -0.489 e. The third kappa shape index (κ3) is 5.37. The molecule has 0 unspecified atom stereocenters. The number of nitrogens with zero attached hydrogens (tertiary/aromatic N) is 3. The Balaban J connectivity index is 1.25. The van der Waals surface area contributed by atoms with Crippen LogP contribution in [0.3, 0.4) is 0 Å². The van der Waals surface area contributed by atoms with E-state index < -0.39 is 0 Å². The number of piperidine rings is 1. The fraction of sp³-hybridized carbons (Fsp3) is 0.280. The number of rotatable bonds is 7. The van der Waals surface area contributed by atoms with Gasteiger partial charge in [-0.05, 0) is 60.4 Å². The lowest BCUT2D eigenvalue weighted by Crippen LogP contribution is -2.42. The maximum atomic E-state index is 9.02. The number of benzene rings is 2. The number of nitriles is 1. The zero-order chi connectivity index (χ0) is 20.6. The van der Waals surface area contributed by atoms with Crippen LogP contribution in [-0.2, 0) is 13.2 Å². The van der Waals surface area contributed by atoms with Crippen molar-refractivity contribution in [2.75, 3.05) is 18.0 Å². The van der Waals surface area contributed by atoms with E-state index in [4.69, 9.17) is 10.00 Å². The summed E-state index contributed by atoms with van der Waals surface area (Å²) in [6, 6.07) is 24.5. The topological polar surface area (TPSA) is 61.2 Å². The van der Waals surface area contributed by atoms with Gasteiger partial charge in [0.15, 0.2) is 0 Å². The number of hydrogen-bond donors (Lipinski definition) is 1. The van der Waals surface area contributed by atoms with Gasteiger partial charge in [0.2, 0.25) is 0 Å². The van der Waals surface area contributed by atoms with Gasteiger partial charge in [-0.3, -0.25) is 0 Å². The van der Waals surface area contributed by atoms with Crippen molar-refractivity contribution >= 4 is 5.82 Å². The Bertz CT molecular complexity index is 991. The molecule has 2 heterocycles. The van der Waals surface area contributed by atoms with E-state index in [1.54, 1.807) is 6.07 Å². The van der Waals surface area contributed by atoms with Crippen LogP contribution in [0.2, 0.25) is 0 Å². The van der Waals surface area contributed by atoms with Crippen molar-refractivity contribution < 1.29 is 4.74 Å². The third-order valence-electron chi connectivity index (χ3n) is 5.42. The first-order valence-electron chi connectivity index (χ1n) is 10.4. The summed E-state index contributed by atoms with van der Waals surface area (Å²) >= 11 is 0. The molecule has 1 aromatic heterocycles. The molecule has 0 atom stereocenters. The fourth-order valence-corrected chi connectivity index (χ4v) is 3.76. The summed E-state index contributed by atoms with van der Waals surface area (Å²) in [4.78, 5) is 6.81. The second-order valence-corrected chi connectivity index (χ2v) is 7.58. The number of nitrogens with one attached hydrogen (secondary N) is 1. The molecule has 1 aliphatic heterocycles. The van der Waals surface area contributed by atoms with Crippen molar-refractivity contribution in [1.29, 1.82) is 5.26 Å². The van der Waals surface area contributed by atoms with Crippen molar-refractivity contribution in [2.45, 2.75) is 32.0 Å². The normalized spacial score (nSPS) is 14.3. The van der Waals surface area contributed by atoms with Gasteiger partial charge >= 0.3 is 0 Å². The van der Waals surface area contributed by atoms with E-state index in [0.29, 0.717) is 18.2 Å². The summed E-state index contributed by atoms with van der Waals surface area (Å²) in [5.74, 6) is 1.92. The largest absolute Gasteiger partial charge is 0.489 e. The van der Waals surface area contributed by atoms with E-state index in [1.165, 1.54) is 5.56 Å². The van der Waals surface area contributed by atoms with E-state index in [9.17, 15) is 0 Å². The summed E-state index contributed by atoms with van der Waals surface area (Å²) in [6.45, 7) is 3.34. The van der Waals surface area contributed by atoms with Crippen molar-refractivity contribution in [1.82, 2.24) is 10.3 Å². The molecule has 0 spiro atoms. The molecule has 0 amide bonds. The molecular formula is C25H26N4O. The molecule has 1 saturated heterocycles. The van der Waals surface area contributed by atoms with Crippen LogP contribution in [0.5, 0.6) is 5.75 Å². The SMILES string of the molecule is N#Cc1cccc(COc2cccc(CNC3CCN(c4ccccn4)CC3)c2)c1. The zero-order valence-electron chi connectivity index (χ0n) is 17.0. The van der Waals surface area contributed by atoms with Gasteiger partial charge in [-0.2, -0.15) is 5.26 Å². The second-order valence-electron chi connectivity index (χ2n) is 7.58. The molecule has 1 N–H and O–H groups in total. The van der Waals surface area contributed by atoms with Gasteiger partial charge in [0.25, 0.3) is 0 Å². The maximum absolute atomic E-state index is 9.02. The number of aromatic nitrogens is 1. The number of hydrogen-bond acceptors (Lipinski definition) is 5. The minimum atomic E-state index is 0.457. The Morgan fingerprint density at radius 1 is 1.00 bits per heavy atom. The molecule has 152 valence electrons. The highest BCUT2D eigenvalue weighted by Crippen LogP contribution is 2.19. The Morgan fingerprint density at radius 2 is 1.83 bits per heavy atom. The summed E-state index contributed by atoms with van der Waals surface area (Å²) in [5, 5.41) is 12.7. The molecule has 1 aliphatic rings. The van der Waals surface area contributed by atoms with Crippen LogP contribution in [-0.4, -0.2) is 24.1 Å². The molecule has 2 aromatic carbocycles. The average molecular weight is 399 g/mol. The highest BCUT2D eigenvalue weighted by molar-refractivity contribution is 5.38. The van der Waals surface area contributed by atoms with Crippen molar-refractivity contribution in [2.24, 2.45) is 0 Å². The molecule has 0 radical (unpaired) electrons. The van der Waals surface area contributed by atoms with Crippen LogP contribution in [0.1, 0.15) is 29.5 Å². The molecule has 1 fully saturated rings. The molecule has 4 rings (SSSR count). The first kappa shape index (κ1) is 19.9. The molecule has 3 aromatic rings. The van der Waals surface area contributed by atoms with Crippen LogP contribution < -0.4 is 15.0 Å². The van der Waals surface area contributed by atoms with Gasteiger partial charge < -0.3 is 15.0 Å². The second kappa shape index (κ2) is 9.91. The van der Waals surface area contributed by atoms with Crippen LogP contribution in [0, 0.1) is 11.3 Å². The first-order chi connectivity index (χ1) is 14.8. The smallest absolute Gasteiger partial charge is 0.128 e. The van der Waals surface area contributed by atoms with Crippen molar-refractivity contribution in [3.8, 4) is 11.8 Å². The molecule has 30 heavy (non-hydrogen) atoms. The monoisotopic (exact) mass is 398 g/mol. The first-order valence-corrected chi connectivity index (χ1v) is 10.4. The fourth-order valence-electron chi connectivity index (χ4n) is 3.76. The quantitative estimate of drug-likeness (QED) is 0.643. The lowest BCUT2D eigenvalue weighted by atomic mass is 10.0. The molecule has 0 saturated carbocycles. The molecule has 5 nitrogen and oxygen atoms in total. The van der Waals surface area contributed by atoms with Gasteiger partial charge in [-0.15, -0.1) is 0 Å². The van der Waals surface area contributed by atoms with Gasteiger partial charge in [-0.1, -0.05) is 30.3 Å². The number of pyridine rings is 1. The summed E-state index contributed by atoms with van der Waals surface area (Å²) in [6.07, 6.45) is 4.08. The third-order valence-corrected chi connectivity index (χ3v) is 5.42. The highest BCUT2D eigenvalue weighted by atomic mass is 16.5. The van der Waals surface area contributed by atoms with E-state index in [2.05, 4.69) is 39.5 Å². The van der Waals surface area contributed by atoms with Gasteiger partial charge in [-0.25, -0.2) is 4.98 Å². The highest BCUT2D eigenvalue weighted by Gasteiger charge is 2.19. The Hall–Kier alpha value is -3.36. The predicted octanol–water partition coefficient (Wildman–Crippen LogP) is 4.29. The van der Waals surface area contributed by atoms with Gasteiger partial charge in [0.05, 0.1) is 11.6 Å². The summed E-state index contributed by atoms with van der Waals surface area (Å²) in [5.41, 5.74) is 2.87.